The van der Waals surface area contributed by atoms with E-state index in [-0.39, 0.29) is 23.9 Å². The summed E-state index contributed by atoms with van der Waals surface area (Å²) in [6.07, 6.45) is 4.55. The summed E-state index contributed by atoms with van der Waals surface area (Å²) in [6.45, 7) is 15.3. The van der Waals surface area contributed by atoms with Crippen LogP contribution in [0, 0.1) is 0 Å². The second-order valence-corrected chi connectivity index (χ2v) is 12.4. The SMILES string of the molecule is CC1(C)CC(NC(=O)CCCCC(=O)NC2CC(C)(C)N([O])C(C)(C)C2)CC(C)(C)N1[O]. The maximum atomic E-state index is 12.5. The summed E-state index contributed by atoms with van der Waals surface area (Å²) in [5.41, 5.74) is -2.04. The van der Waals surface area contributed by atoms with Crippen molar-refractivity contribution in [3.05, 3.63) is 0 Å². The number of nitrogens with zero attached hydrogens (tertiary/aromatic N) is 2. The molecule has 0 aromatic heterocycles. The summed E-state index contributed by atoms with van der Waals surface area (Å²) in [4.78, 5) is 24.8. The van der Waals surface area contributed by atoms with Gasteiger partial charge in [0, 0.05) is 47.1 Å². The van der Waals surface area contributed by atoms with Gasteiger partial charge >= 0.3 is 0 Å². The third-order valence-corrected chi connectivity index (χ3v) is 6.97. The average Bonchev–Trinajstić information content (AvgIpc) is 2.60. The lowest BCUT2D eigenvalue weighted by atomic mass is 9.79. The number of unbranched alkanes of at least 4 members (excludes halogenated alkanes) is 1. The number of hydrogen-bond donors (Lipinski definition) is 2. The van der Waals surface area contributed by atoms with E-state index in [1.165, 1.54) is 0 Å². The smallest absolute Gasteiger partial charge is 0.220 e. The number of piperidine rings is 2. The van der Waals surface area contributed by atoms with E-state index in [0.717, 1.165) is 10.1 Å². The van der Waals surface area contributed by atoms with Gasteiger partial charge in [-0.2, -0.15) is 0 Å². The van der Waals surface area contributed by atoms with Crippen molar-refractivity contribution in [2.45, 2.75) is 141 Å². The minimum atomic E-state index is -0.511. The van der Waals surface area contributed by atoms with Crippen molar-refractivity contribution >= 4 is 11.8 Å². The van der Waals surface area contributed by atoms with Gasteiger partial charge in [-0.15, -0.1) is 20.5 Å². The van der Waals surface area contributed by atoms with Crippen LogP contribution in [0.5, 0.6) is 0 Å². The molecular weight excluding hydrogens is 408 g/mol. The Morgan fingerprint density at radius 2 is 0.875 bits per heavy atom. The molecule has 0 aromatic rings. The summed E-state index contributed by atoms with van der Waals surface area (Å²) >= 11 is 0. The van der Waals surface area contributed by atoms with Crippen LogP contribution >= 0.6 is 0 Å². The first kappa shape index (κ1) is 27.0. The van der Waals surface area contributed by atoms with Gasteiger partial charge in [0.15, 0.2) is 0 Å². The quantitative estimate of drug-likeness (QED) is 0.577. The van der Waals surface area contributed by atoms with Crippen LogP contribution in [0.4, 0.5) is 0 Å². The lowest BCUT2D eigenvalue weighted by molar-refractivity contribution is -0.290. The van der Waals surface area contributed by atoms with Gasteiger partial charge in [0.05, 0.1) is 0 Å². The largest absolute Gasteiger partial charge is 0.353 e. The van der Waals surface area contributed by atoms with Crippen molar-refractivity contribution in [1.82, 2.24) is 20.8 Å². The van der Waals surface area contributed by atoms with E-state index in [1.807, 2.05) is 55.4 Å². The van der Waals surface area contributed by atoms with Gasteiger partial charge < -0.3 is 10.6 Å². The molecule has 0 spiro atoms. The molecule has 2 N–H and O–H groups in total. The van der Waals surface area contributed by atoms with E-state index in [1.54, 1.807) is 0 Å². The molecule has 2 heterocycles. The Bertz CT molecular complexity index is 595. The Balaban J connectivity index is 1.71. The van der Waals surface area contributed by atoms with Crippen LogP contribution in [-0.2, 0) is 20.0 Å². The second-order valence-electron chi connectivity index (χ2n) is 12.4. The van der Waals surface area contributed by atoms with Crippen molar-refractivity contribution in [2.24, 2.45) is 0 Å². The Kier molecular flexibility index (Phi) is 8.08. The van der Waals surface area contributed by atoms with Crippen LogP contribution in [-0.4, -0.2) is 56.2 Å². The number of hydroxylamine groups is 4. The Morgan fingerprint density at radius 3 is 1.12 bits per heavy atom. The van der Waals surface area contributed by atoms with E-state index in [2.05, 4.69) is 10.6 Å². The molecule has 2 fully saturated rings. The molecule has 2 rings (SSSR count). The topological polar surface area (TPSA) is 104 Å². The summed E-state index contributed by atoms with van der Waals surface area (Å²) in [5.74, 6) is -0.0413. The van der Waals surface area contributed by atoms with Gasteiger partial charge in [0.25, 0.3) is 0 Å². The van der Waals surface area contributed by atoms with Gasteiger partial charge in [-0.1, -0.05) is 0 Å². The van der Waals surface area contributed by atoms with Crippen molar-refractivity contribution < 1.29 is 20.0 Å². The van der Waals surface area contributed by atoms with Gasteiger partial charge in [-0.3, -0.25) is 9.59 Å². The summed E-state index contributed by atoms with van der Waals surface area (Å²) in [7, 11) is 0. The van der Waals surface area contributed by atoms with E-state index < -0.39 is 22.2 Å². The molecule has 2 radical (unpaired) electrons. The van der Waals surface area contributed by atoms with Crippen molar-refractivity contribution in [2.75, 3.05) is 0 Å². The van der Waals surface area contributed by atoms with Gasteiger partial charge in [0.1, 0.15) is 0 Å². The fraction of sp³-hybridized carbons (Fsp3) is 0.917. The first-order chi connectivity index (χ1) is 14.5. The van der Waals surface area contributed by atoms with Crippen molar-refractivity contribution in [3.8, 4) is 0 Å². The van der Waals surface area contributed by atoms with Gasteiger partial charge in [0.2, 0.25) is 11.8 Å². The molecule has 32 heavy (non-hydrogen) atoms. The zero-order valence-electron chi connectivity index (χ0n) is 21.3. The molecule has 0 saturated carbocycles. The zero-order valence-corrected chi connectivity index (χ0v) is 21.3. The van der Waals surface area contributed by atoms with E-state index >= 15 is 0 Å². The molecule has 0 unspecified atom stereocenters. The van der Waals surface area contributed by atoms with Gasteiger partial charge in [-0.25, -0.2) is 0 Å². The molecule has 2 saturated heterocycles. The number of rotatable bonds is 7. The van der Waals surface area contributed by atoms with Crippen molar-refractivity contribution in [1.29, 1.82) is 0 Å². The molecular formula is C24H44N4O4. The third-order valence-electron chi connectivity index (χ3n) is 6.97. The minimum absolute atomic E-state index is 0.0143. The fourth-order valence-corrected chi connectivity index (χ4v) is 5.90. The van der Waals surface area contributed by atoms with Crippen LogP contribution in [0.3, 0.4) is 0 Å². The molecule has 0 bridgehead atoms. The van der Waals surface area contributed by atoms with E-state index in [4.69, 9.17) is 0 Å². The predicted octanol–water partition coefficient (Wildman–Crippen LogP) is 3.51. The molecule has 8 heteroatoms. The first-order valence-corrected chi connectivity index (χ1v) is 12.0. The van der Waals surface area contributed by atoms with Crippen LogP contribution < -0.4 is 10.6 Å². The Hall–Kier alpha value is -1.22. The molecule has 0 atom stereocenters. The lowest BCUT2D eigenvalue weighted by Crippen LogP contribution is -2.62. The normalized spacial score (nSPS) is 25.9. The predicted molar refractivity (Wildman–Crippen MR) is 122 cm³/mol. The van der Waals surface area contributed by atoms with E-state index in [0.29, 0.717) is 51.4 Å². The van der Waals surface area contributed by atoms with Crippen LogP contribution in [0.1, 0.15) is 107 Å². The number of hydrogen-bond acceptors (Lipinski definition) is 4. The highest BCUT2D eigenvalue weighted by Gasteiger charge is 2.47. The third kappa shape index (κ3) is 6.65. The lowest BCUT2D eigenvalue weighted by Gasteiger charge is -2.50. The van der Waals surface area contributed by atoms with Crippen LogP contribution in [0.15, 0.2) is 0 Å². The van der Waals surface area contributed by atoms with E-state index in [9.17, 15) is 20.0 Å². The first-order valence-electron chi connectivity index (χ1n) is 12.0. The highest BCUT2D eigenvalue weighted by molar-refractivity contribution is 5.77. The number of amides is 2. The number of carbonyl (C=O) groups is 2. The standard InChI is InChI=1S/C24H44N4O4/c1-21(2)13-17(14-22(3,4)27(21)31)25-19(29)11-9-10-12-20(30)26-18-15-23(5,6)28(32)24(7,8)16-18/h17-18H,9-16H2,1-8H3,(H,25,29)(H,26,30). The molecule has 184 valence electrons. The maximum absolute atomic E-state index is 12.5. The molecule has 2 aliphatic heterocycles. The summed E-state index contributed by atoms with van der Waals surface area (Å²) in [5, 5.41) is 33.4. The molecule has 0 aromatic carbocycles. The summed E-state index contributed by atoms with van der Waals surface area (Å²) < 4.78 is 0. The maximum Gasteiger partial charge on any atom is 0.220 e. The number of carbonyl (C=O) groups excluding carboxylic acids is 2. The zero-order chi connectivity index (χ0) is 24.5. The molecule has 2 aliphatic rings. The minimum Gasteiger partial charge on any atom is -0.353 e. The highest BCUT2D eigenvalue weighted by Crippen LogP contribution is 2.38. The molecule has 2 amide bonds. The van der Waals surface area contributed by atoms with Crippen molar-refractivity contribution in [3.63, 3.8) is 0 Å². The average molecular weight is 453 g/mol. The highest BCUT2D eigenvalue weighted by atomic mass is 16.5. The molecule has 0 aliphatic carbocycles. The number of nitrogens with one attached hydrogen (secondary N) is 2. The van der Waals surface area contributed by atoms with Gasteiger partial charge in [-0.05, 0) is 93.9 Å². The van der Waals surface area contributed by atoms with Crippen LogP contribution in [0.25, 0.3) is 0 Å². The summed E-state index contributed by atoms with van der Waals surface area (Å²) in [6, 6.07) is -0.0285. The fourth-order valence-electron chi connectivity index (χ4n) is 5.90. The molecule has 8 nitrogen and oxygen atoms in total. The van der Waals surface area contributed by atoms with Crippen LogP contribution in [0.2, 0.25) is 0 Å². The Morgan fingerprint density at radius 1 is 0.625 bits per heavy atom. The monoisotopic (exact) mass is 452 g/mol. The second kappa shape index (κ2) is 9.57. The Labute approximate surface area is 194 Å².